The van der Waals surface area contributed by atoms with Crippen molar-refractivity contribution in [1.29, 1.82) is 0 Å². The largest absolute Gasteiger partial charge is 0.395 e. The van der Waals surface area contributed by atoms with E-state index in [-0.39, 0.29) is 12.5 Å². The van der Waals surface area contributed by atoms with E-state index in [1.54, 1.807) is 12.3 Å². The van der Waals surface area contributed by atoms with Crippen LogP contribution in [0.1, 0.15) is 15.9 Å². The molecule has 0 saturated heterocycles. The summed E-state index contributed by atoms with van der Waals surface area (Å²) in [5, 5.41) is 17.6. The van der Waals surface area contributed by atoms with Gasteiger partial charge in [-0.05, 0) is 29.8 Å². The van der Waals surface area contributed by atoms with Gasteiger partial charge in [0, 0.05) is 41.5 Å². The minimum absolute atomic E-state index is 0.0729. The fraction of sp³-hybridized carbons (Fsp3) is 0.130. The molecule has 0 spiro atoms. The normalized spacial score (nSPS) is 10.8. The van der Waals surface area contributed by atoms with Crippen LogP contribution in [0.15, 0.2) is 66.4 Å². The highest BCUT2D eigenvalue weighted by Crippen LogP contribution is 2.31. The number of hydrogen-bond donors (Lipinski definition) is 4. The number of amides is 1. The van der Waals surface area contributed by atoms with Crippen molar-refractivity contribution >= 4 is 28.7 Å². The van der Waals surface area contributed by atoms with Gasteiger partial charge in [0.25, 0.3) is 5.91 Å². The van der Waals surface area contributed by atoms with Gasteiger partial charge >= 0.3 is 0 Å². The average molecular weight is 447 g/mol. The highest BCUT2D eigenvalue weighted by atomic mass is 32.1. The summed E-state index contributed by atoms with van der Waals surface area (Å²) in [6, 6.07) is 14.9. The Bertz CT molecular complexity index is 1230. The maximum Gasteiger partial charge on any atom is 0.255 e. The fourth-order valence-electron chi connectivity index (χ4n) is 3.13. The van der Waals surface area contributed by atoms with E-state index in [9.17, 15) is 4.79 Å². The first-order valence-corrected chi connectivity index (χ1v) is 10.9. The Morgan fingerprint density at radius 2 is 2.03 bits per heavy atom. The standard InChI is InChI=1S/C23H22N6O2S/c24-21-19(12-26-14-27-21)23-29-20(13-32-23)16-4-2-6-18(10-16)28-22(31)17-5-1-3-15(9-17)11-25-7-8-30/h1-6,9-10,12-14,25,30H,7-8,11H2,(H,28,31)(H2,24,26,27). The molecule has 0 aliphatic carbocycles. The first-order chi connectivity index (χ1) is 15.6. The zero-order valence-corrected chi connectivity index (χ0v) is 18.0. The summed E-state index contributed by atoms with van der Waals surface area (Å²) in [6.45, 7) is 1.16. The second-order valence-corrected chi connectivity index (χ2v) is 7.85. The van der Waals surface area contributed by atoms with Gasteiger partial charge in [0.2, 0.25) is 0 Å². The number of anilines is 2. The topological polar surface area (TPSA) is 126 Å². The number of thiazole rings is 1. The van der Waals surface area contributed by atoms with Crippen LogP contribution in [-0.2, 0) is 6.54 Å². The molecule has 8 nitrogen and oxygen atoms in total. The molecule has 162 valence electrons. The van der Waals surface area contributed by atoms with Crippen LogP contribution in [0.5, 0.6) is 0 Å². The molecule has 0 bridgehead atoms. The number of benzene rings is 2. The third-order valence-electron chi connectivity index (χ3n) is 4.70. The van der Waals surface area contributed by atoms with Crippen LogP contribution in [0.3, 0.4) is 0 Å². The van der Waals surface area contributed by atoms with Crippen molar-refractivity contribution in [3.63, 3.8) is 0 Å². The number of nitrogens with one attached hydrogen (secondary N) is 2. The summed E-state index contributed by atoms with van der Waals surface area (Å²) in [5.41, 5.74) is 10.5. The number of aliphatic hydroxyl groups excluding tert-OH is 1. The van der Waals surface area contributed by atoms with Crippen molar-refractivity contribution < 1.29 is 9.90 Å². The van der Waals surface area contributed by atoms with E-state index in [1.165, 1.54) is 17.7 Å². The maximum absolute atomic E-state index is 12.8. The van der Waals surface area contributed by atoms with Crippen LogP contribution in [0.2, 0.25) is 0 Å². The Hall–Kier alpha value is -3.66. The number of carbonyl (C=O) groups is 1. The second kappa shape index (κ2) is 10.1. The number of hydrogen-bond acceptors (Lipinski definition) is 8. The number of rotatable bonds is 8. The van der Waals surface area contributed by atoms with E-state index in [4.69, 9.17) is 10.8 Å². The summed E-state index contributed by atoms with van der Waals surface area (Å²) in [6.07, 6.45) is 3.05. The van der Waals surface area contributed by atoms with Crippen LogP contribution in [0.25, 0.3) is 21.8 Å². The maximum atomic E-state index is 12.8. The molecule has 0 aliphatic heterocycles. The second-order valence-electron chi connectivity index (χ2n) is 7.00. The molecule has 0 atom stereocenters. The molecule has 2 aromatic heterocycles. The molecular weight excluding hydrogens is 424 g/mol. The number of carbonyl (C=O) groups excluding carboxylic acids is 1. The number of aliphatic hydroxyl groups is 1. The third kappa shape index (κ3) is 5.14. The zero-order valence-electron chi connectivity index (χ0n) is 17.2. The minimum atomic E-state index is -0.195. The van der Waals surface area contributed by atoms with Gasteiger partial charge in [-0.2, -0.15) is 0 Å². The summed E-state index contributed by atoms with van der Waals surface area (Å²) >= 11 is 1.46. The van der Waals surface area contributed by atoms with Gasteiger partial charge in [-0.25, -0.2) is 15.0 Å². The van der Waals surface area contributed by atoms with Gasteiger partial charge in [0.1, 0.15) is 17.2 Å². The number of nitrogens with two attached hydrogens (primary N) is 1. The van der Waals surface area contributed by atoms with E-state index in [2.05, 4.69) is 25.6 Å². The van der Waals surface area contributed by atoms with Gasteiger partial charge in [-0.15, -0.1) is 11.3 Å². The predicted octanol–water partition coefficient (Wildman–Crippen LogP) is 3.18. The van der Waals surface area contributed by atoms with Gasteiger partial charge < -0.3 is 21.5 Å². The monoisotopic (exact) mass is 446 g/mol. The molecule has 32 heavy (non-hydrogen) atoms. The first kappa shape index (κ1) is 21.6. The van der Waals surface area contributed by atoms with E-state index in [1.807, 2.05) is 47.8 Å². The quantitative estimate of drug-likeness (QED) is 0.306. The third-order valence-corrected chi connectivity index (χ3v) is 5.58. The fourth-order valence-corrected chi connectivity index (χ4v) is 3.98. The van der Waals surface area contributed by atoms with Crippen molar-refractivity contribution in [1.82, 2.24) is 20.3 Å². The molecule has 0 radical (unpaired) electrons. The van der Waals surface area contributed by atoms with E-state index < -0.39 is 0 Å². The Morgan fingerprint density at radius 3 is 2.88 bits per heavy atom. The minimum Gasteiger partial charge on any atom is -0.395 e. The van der Waals surface area contributed by atoms with Crippen LogP contribution >= 0.6 is 11.3 Å². The predicted molar refractivity (Wildman–Crippen MR) is 126 cm³/mol. The van der Waals surface area contributed by atoms with Gasteiger partial charge in [0.05, 0.1) is 17.9 Å². The molecule has 2 aromatic carbocycles. The lowest BCUT2D eigenvalue weighted by Crippen LogP contribution is -2.18. The van der Waals surface area contributed by atoms with Crippen molar-refractivity contribution in [3.05, 3.63) is 77.6 Å². The van der Waals surface area contributed by atoms with Gasteiger partial charge in [-0.3, -0.25) is 4.79 Å². The summed E-state index contributed by atoms with van der Waals surface area (Å²) in [5.74, 6) is 0.190. The van der Waals surface area contributed by atoms with Crippen molar-refractivity contribution in [2.45, 2.75) is 6.54 Å². The van der Waals surface area contributed by atoms with Crippen molar-refractivity contribution in [3.8, 4) is 21.8 Å². The number of nitrogens with zero attached hydrogens (tertiary/aromatic N) is 3. The highest BCUT2D eigenvalue weighted by molar-refractivity contribution is 7.13. The Morgan fingerprint density at radius 1 is 1.16 bits per heavy atom. The molecule has 0 unspecified atom stereocenters. The smallest absolute Gasteiger partial charge is 0.255 e. The molecule has 0 fully saturated rings. The number of nitrogen functional groups attached to an aromatic ring is 1. The molecule has 0 aliphatic rings. The molecule has 4 rings (SSSR count). The van der Waals surface area contributed by atoms with Gasteiger partial charge in [-0.1, -0.05) is 24.3 Å². The van der Waals surface area contributed by atoms with Crippen LogP contribution in [0, 0.1) is 0 Å². The molecule has 5 N–H and O–H groups in total. The van der Waals surface area contributed by atoms with Crippen molar-refractivity contribution in [2.75, 3.05) is 24.2 Å². The van der Waals surface area contributed by atoms with E-state index >= 15 is 0 Å². The molecule has 2 heterocycles. The zero-order chi connectivity index (χ0) is 22.3. The molecule has 1 amide bonds. The molecule has 4 aromatic rings. The number of aromatic nitrogens is 3. The first-order valence-electron chi connectivity index (χ1n) is 9.98. The van der Waals surface area contributed by atoms with Crippen molar-refractivity contribution in [2.24, 2.45) is 0 Å². The Balaban J connectivity index is 1.49. The Labute approximate surface area is 189 Å². The SMILES string of the molecule is Nc1ncncc1-c1nc(-c2cccc(NC(=O)c3cccc(CNCCO)c3)c2)cs1. The van der Waals surface area contributed by atoms with E-state index in [0.29, 0.717) is 35.7 Å². The molecule has 9 heteroatoms. The lowest BCUT2D eigenvalue weighted by molar-refractivity contribution is 0.102. The highest BCUT2D eigenvalue weighted by Gasteiger charge is 2.12. The molecular formula is C23H22N6O2S. The van der Waals surface area contributed by atoms with Crippen LogP contribution < -0.4 is 16.4 Å². The lowest BCUT2D eigenvalue weighted by atomic mass is 10.1. The summed E-state index contributed by atoms with van der Waals surface area (Å²) in [7, 11) is 0. The Kier molecular flexibility index (Phi) is 6.81. The summed E-state index contributed by atoms with van der Waals surface area (Å²) in [4.78, 5) is 25.4. The van der Waals surface area contributed by atoms with Crippen LogP contribution in [-0.4, -0.2) is 39.1 Å². The summed E-state index contributed by atoms with van der Waals surface area (Å²) < 4.78 is 0. The average Bonchev–Trinajstić information content (AvgIpc) is 3.30. The lowest BCUT2D eigenvalue weighted by Gasteiger charge is -2.09. The van der Waals surface area contributed by atoms with Gasteiger partial charge in [0.15, 0.2) is 0 Å². The van der Waals surface area contributed by atoms with Crippen LogP contribution in [0.4, 0.5) is 11.5 Å². The molecule has 0 saturated carbocycles. The van der Waals surface area contributed by atoms with E-state index in [0.717, 1.165) is 21.8 Å².